The van der Waals surface area contributed by atoms with E-state index in [0.717, 1.165) is 30.0 Å². The maximum Gasteiger partial charge on any atom is 0.248 e. The molecule has 23 heavy (non-hydrogen) atoms. The third-order valence-corrected chi connectivity index (χ3v) is 3.53. The lowest BCUT2D eigenvalue weighted by molar-refractivity contribution is 0.100. The van der Waals surface area contributed by atoms with E-state index >= 15 is 0 Å². The van der Waals surface area contributed by atoms with Crippen molar-refractivity contribution in [3.05, 3.63) is 59.7 Å². The van der Waals surface area contributed by atoms with Gasteiger partial charge in [0.15, 0.2) is 0 Å². The maximum absolute atomic E-state index is 11.2. The van der Waals surface area contributed by atoms with Crippen LogP contribution in [0, 0.1) is 5.92 Å². The standard InChI is InChI=1S/C19H24N2O2/c1-14(2)10-11-23-18-8-6-15(7-9-18)13-21-17-5-3-4-16(12-17)19(20)22/h3-9,12,14,21H,10-11,13H2,1-2H3,(H2,20,22). The Balaban J connectivity index is 1.86. The third-order valence-electron chi connectivity index (χ3n) is 3.53. The maximum atomic E-state index is 11.2. The Kier molecular flexibility index (Phi) is 6.03. The number of anilines is 1. The van der Waals surface area contributed by atoms with Crippen LogP contribution in [0.25, 0.3) is 0 Å². The van der Waals surface area contributed by atoms with Crippen LogP contribution >= 0.6 is 0 Å². The van der Waals surface area contributed by atoms with Crippen LogP contribution in [0.5, 0.6) is 5.75 Å². The lowest BCUT2D eigenvalue weighted by atomic mass is 10.1. The highest BCUT2D eigenvalue weighted by Crippen LogP contribution is 2.16. The van der Waals surface area contributed by atoms with Crippen LogP contribution in [0.3, 0.4) is 0 Å². The summed E-state index contributed by atoms with van der Waals surface area (Å²) >= 11 is 0. The molecule has 0 aliphatic heterocycles. The highest BCUT2D eigenvalue weighted by atomic mass is 16.5. The Hall–Kier alpha value is -2.49. The second-order valence-electron chi connectivity index (χ2n) is 5.97. The summed E-state index contributed by atoms with van der Waals surface area (Å²) in [6.45, 7) is 5.79. The third kappa shape index (κ3) is 5.66. The molecule has 3 N–H and O–H groups in total. The van der Waals surface area contributed by atoms with Crippen LogP contribution in [0.2, 0.25) is 0 Å². The number of amides is 1. The van der Waals surface area contributed by atoms with Crippen LogP contribution in [0.15, 0.2) is 48.5 Å². The number of carbonyl (C=O) groups excluding carboxylic acids is 1. The normalized spacial score (nSPS) is 10.6. The smallest absolute Gasteiger partial charge is 0.248 e. The number of benzene rings is 2. The molecule has 0 radical (unpaired) electrons. The monoisotopic (exact) mass is 312 g/mol. The fraction of sp³-hybridized carbons (Fsp3) is 0.316. The van der Waals surface area contributed by atoms with E-state index in [-0.39, 0.29) is 0 Å². The summed E-state index contributed by atoms with van der Waals surface area (Å²) in [4.78, 5) is 11.2. The molecule has 0 aromatic heterocycles. The Morgan fingerprint density at radius 2 is 1.91 bits per heavy atom. The van der Waals surface area contributed by atoms with Gasteiger partial charge in [-0.2, -0.15) is 0 Å². The molecule has 122 valence electrons. The molecule has 4 heteroatoms. The molecule has 1 amide bonds. The van der Waals surface area contributed by atoms with Crippen molar-refractivity contribution in [2.24, 2.45) is 11.7 Å². The first-order chi connectivity index (χ1) is 11.0. The zero-order valence-corrected chi connectivity index (χ0v) is 13.7. The summed E-state index contributed by atoms with van der Waals surface area (Å²) in [6, 6.07) is 15.2. The van der Waals surface area contributed by atoms with Gasteiger partial charge in [-0.05, 0) is 48.2 Å². The van der Waals surface area contributed by atoms with Gasteiger partial charge in [-0.1, -0.05) is 32.0 Å². The average molecular weight is 312 g/mol. The summed E-state index contributed by atoms with van der Waals surface area (Å²) in [5.41, 5.74) is 7.81. The predicted molar refractivity (Wildman–Crippen MR) is 93.7 cm³/mol. The van der Waals surface area contributed by atoms with E-state index in [4.69, 9.17) is 10.5 Å². The highest BCUT2D eigenvalue weighted by molar-refractivity contribution is 5.93. The van der Waals surface area contributed by atoms with Crippen molar-refractivity contribution in [1.82, 2.24) is 0 Å². The number of rotatable bonds is 8. The molecule has 4 nitrogen and oxygen atoms in total. The minimum Gasteiger partial charge on any atom is -0.494 e. The van der Waals surface area contributed by atoms with Gasteiger partial charge in [-0.3, -0.25) is 4.79 Å². The summed E-state index contributed by atoms with van der Waals surface area (Å²) < 4.78 is 5.70. The lowest BCUT2D eigenvalue weighted by Gasteiger charge is -2.10. The average Bonchev–Trinajstić information content (AvgIpc) is 2.54. The molecule has 0 saturated heterocycles. The van der Waals surface area contributed by atoms with E-state index in [1.54, 1.807) is 12.1 Å². The molecule has 0 aliphatic rings. The number of nitrogens with two attached hydrogens (primary N) is 1. The Bertz CT molecular complexity index is 636. The fourth-order valence-corrected chi connectivity index (χ4v) is 2.10. The van der Waals surface area contributed by atoms with Gasteiger partial charge in [0.1, 0.15) is 5.75 Å². The van der Waals surface area contributed by atoms with E-state index in [2.05, 4.69) is 19.2 Å². The first-order valence-electron chi connectivity index (χ1n) is 7.90. The van der Waals surface area contributed by atoms with E-state index in [1.807, 2.05) is 36.4 Å². The lowest BCUT2D eigenvalue weighted by Crippen LogP contribution is -2.11. The Morgan fingerprint density at radius 1 is 1.17 bits per heavy atom. The molecule has 2 rings (SSSR count). The van der Waals surface area contributed by atoms with Crippen LogP contribution in [0.4, 0.5) is 5.69 Å². The zero-order chi connectivity index (χ0) is 16.7. The quantitative estimate of drug-likeness (QED) is 0.779. The molecule has 2 aromatic carbocycles. The predicted octanol–water partition coefficient (Wildman–Crippen LogP) is 3.82. The molecule has 0 unspecified atom stereocenters. The minimum absolute atomic E-state index is 0.420. The number of carbonyl (C=O) groups is 1. The van der Waals surface area contributed by atoms with E-state index in [1.165, 1.54) is 0 Å². The fourth-order valence-electron chi connectivity index (χ4n) is 2.10. The number of primary amides is 1. The zero-order valence-electron chi connectivity index (χ0n) is 13.7. The van der Waals surface area contributed by atoms with Crippen molar-refractivity contribution < 1.29 is 9.53 Å². The van der Waals surface area contributed by atoms with Gasteiger partial charge in [0, 0.05) is 17.8 Å². The Labute approximate surface area is 137 Å². The molecule has 0 bridgehead atoms. The summed E-state index contributed by atoms with van der Waals surface area (Å²) in [6.07, 6.45) is 1.06. The van der Waals surface area contributed by atoms with Gasteiger partial charge in [-0.25, -0.2) is 0 Å². The number of hydrogen-bond donors (Lipinski definition) is 2. The number of ether oxygens (including phenoxy) is 1. The van der Waals surface area contributed by atoms with Crippen LogP contribution in [0.1, 0.15) is 36.2 Å². The molecule has 0 saturated carbocycles. The van der Waals surface area contributed by atoms with Crippen molar-refractivity contribution in [1.29, 1.82) is 0 Å². The van der Waals surface area contributed by atoms with Crippen molar-refractivity contribution in [3.8, 4) is 5.75 Å². The van der Waals surface area contributed by atoms with E-state index in [0.29, 0.717) is 18.0 Å². The van der Waals surface area contributed by atoms with Gasteiger partial charge in [-0.15, -0.1) is 0 Å². The van der Waals surface area contributed by atoms with Gasteiger partial charge in [0.2, 0.25) is 5.91 Å². The van der Waals surface area contributed by atoms with Crippen LogP contribution in [-0.4, -0.2) is 12.5 Å². The van der Waals surface area contributed by atoms with Crippen molar-refractivity contribution in [3.63, 3.8) is 0 Å². The second-order valence-corrected chi connectivity index (χ2v) is 5.97. The number of hydrogen-bond acceptors (Lipinski definition) is 3. The van der Waals surface area contributed by atoms with Crippen molar-refractivity contribution >= 4 is 11.6 Å². The van der Waals surface area contributed by atoms with Gasteiger partial charge >= 0.3 is 0 Å². The SMILES string of the molecule is CC(C)CCOc1ccc(CNc2cccc(C(N)=O)c2)cc1. The second kappa shape index (κ2) is 8.22. The molecular formula is C19H24N2O2. The van der Waals surface area contributed by atoms with Gasteiger partial charge < -0.3 is 15.8 Å². The van der Waals surface area contributed by atoms with Gasteiger partial charge in [0.05, 0.1) is 6.61 Å². The molecule has 0 aliphatic carbocycles. The van der Waals surface area contributed by atoms with Crippen molar-refractivity contribution in [2.45, 2.75) is 26.8 Å². The molecular weight excluding hydrogens is 288 g/mol. The van der Waals surface area contributed by atoms with E-state index < -0.39 is 5.91 Å². The first-order valence-corrected chi connectivity index (χ1v) is 7.90. The van der Waals surface area contributed by atoms with Crippen LogP contribution in [-0.2, 0) is 6.54 Å². The highest BCUT2D eigenvalue weighted by Gasteiger charge is 2.02. The summed E-state index contributed by atoms with van der Waals surface area (Å²) in [7, 11) is 0. The van der Waals surface area contributed by atoms with Crippen molar-refractivity contribution in [2.75, 3.05) is 11.9 Å². The molecule has 0 spiro atoms. The first kappa shape index (κ1) is 16.9. The number of nitrogens with one attached hydrogen (secondary N) is 1. The molecule has 2 aromatic rings. The molecule has 0 atom stereocenters. The largest absolute Gasteiger partial charge is 0.494 e. The summed E-state index contributed by atoms with van der Waals surface area (Å²) in [5.74, 6) is 1.12. The summed E-state index contributed by atoms with van der Waals surface area (Å²) in [5, 5.41) is 3.29. The Morgan fingerprint density at radius 3 is 2.57 bits per heavy atom. The molecule has 0 heterocycles. The van der Waals surface area contributed by atoms with Crippen LogP contribution < -0.4 is 15.8 Å². The minimum atomic E-state index is -0.420. The topological polar surface area (TPSA) is 64.3 Å². The van der Waals surface area contributed by atoms with Gasteiger partial charge in [0.25, 0.3) is 0 Å². The van der Waals surface area contributed by atoms with E-state index in [9.17, 15) is 4.79 Å². The molecule has 0 fully saturated rings.